The third-order valence-corrected chi connectivity index (χ3v) is 6.30. The molecule has 5 nitrogen and oxygen atoms in total. The summed E-state index contributed by atoms with van der Waals surface area (Å²) >= 11 is 0. The monoisotopic (exact) mass is 412 g/mol. The molecule has 0 bridgehead atoms. The number of carbonyl (C=O) groups excluding carboxylic acids is 1. The smallest absolute Gasteiger partial charge is 0.266 e. The van der Waals surface area contributed by atoms with Crippen molar-refractivity contribution in [2.75, 3.05) is 16.2 Å². The van der Waals surface area contributed by atoms with Gasteiger partial charge in [0.15, 0.2) is 0 Å². The van der Waals surface area contributed by atoms with Gasteiger partial charge in [0.05, 0.1) is 17.8 Å². The largest absolute Gasteiger partial charge is 0.325 e. The topological polar surface area (TPSA) is 66.5 Å². The number of hydrogen-bond donors (Lipinski definition) is 1. The molecule has 0 aliphatic carbocycles. The minimum absolute atomic E-state index is 0.00480. The molecule has 3 rings (SSSR count). The highest BCUT2D eigenvalue weighted by Gasteiger charge is 2.26. The van der Waals surface area contributed by atoms with Crippen LogP contribution in [0, 0.1) is 5.82 Å². The highest BCUT2D eigenvalue weighted by molar-refractivity contribution is 7.93. The molecule has 29 heavy (non-hydrogen) atoms. The Kier molecular flexibility index (Phi) is 6.29. The van der Waals surface area contributed by atoms with E-state index in [1.807, 2.05) is 6.07 Å². The van der Waals surface area contributed by atoms with Crippen LogP contribution < -0.4 is 9.62 Å². The molecule has 0 fully saturated rings. The molecule has 1 N–H and O–H groups in total. The van der Waals surface area contributed by atoms with E-state index in [4.69, 9.17) is 0 Å². The summed E-state index contributed by atoms with van der Waals surface area (Å²) in [7, 11) is -3.89. The van der Waals surface area contributed by atoms with Gasteiger partial charge in [-0.2, -0.15) is 0 Å². The summed E-state index contributed by atoms with van der Waals surface area (Å²) in [6.07, 6.45) is 0.00480. The zero-order valence-electron chi connectivity index (χ0n) is 15.9. The highest BCUT2D eigenvalue weighted by atomic mass is 32.2. The van der Waals surface area contributed by atoms with Crippen LogP contribution in [0.3, 0.4) is 0 Å². The Balaban J connectivity index is 1.87. The van der Waals surface area contributed by atoms with Crippen LogP contribution in [0.5, 0.6) is 0 Å². The van der Waals surface area contributed by atoms with E-state index < -0.39 is 10.0 Å². The first-order valence-corrected chi connectivity index (χ1v) is 10.6. The van der Waals surface area contributed by atoms with Gasteiger partial charge in [-0.25, -0.2) is 12.8 Å². The third-order valence-electron chi connectivity index (χ3n) is 4.34. The molecule has 0 atom stereocenters. The first-order valence-electron chi connectivity index (χ1n) is 9.13. The summed E-state index contributed by atoms with van der Waals surface area (Å²) in [5.41, 5.74) is 1.38. The van der Waals surface area contributed by atoms with E-state index in [9.17, 15) is 17.6 Å². The molecule has 3 aromatic carbocycles. The minimum Gasteiger partial charge on any atom is -0.325 e. The van der Waals surface area contributed by atoms with Crippen molar-refractivity contribution in [3.05, 3.63) is 90.2 Å². The summed E-state index contributed by atoms with van der Waals surface area (Å²) in [6, 6.07) is 20.7. The van der Waals surface area contributed by atoms with Gasteiger partial charge in [-0.1, -0.05) is 42.5 Å². The van der Waals surface area contributed by atoms with Crippen molar-refractivity contribution < 1.29 is 17.6 Å². The number of carbonyl (C=O) groups is 1. The highest BCUT2D eigenvalue weighted by Crippen LogP contribution is 2.28. The molecule has 3 aromatic rings. The van der Waals surface area contributed by atoms with E-state index in [0.717, 1.165) is 0 Å². The standard InChI is InChI=1S/C22H21FN2O3S/c1-2-25(19-8-4-3-5-9-19)29(27,28)21-11-7-6-10-20(21)24-22(26)16-17-12-14-18(23)15-13-17/h3-15H,2,16H2,1H3,(H,24,26). The van der Waals surface area contributed by atoms with Crippen LogP contribution in [0.4, 0.5) is 15.8 Å². The van der Waals surface area contributed by atoms with Gasteiger partial charge in [-0.15, -0.1) is 0 Å². The number of amides is 1. The second-order valence-electron chi connectivity index (χ2n) is 6.35. The molecule has 1 amide bonds. The van der Waals surface area contributed by atoms with E-state index in [2.05, 4.69) is 5.32 Å². The molecule has 0 aliphatic heterocycles. The Morgan fingerprint density at radius 3 is 2.21 bits per heavy atom. The predicted octanol–water partition coefficient (Wildman–Crippen LogP) is 4.22. The summed E-state index contributed by atoms with van der Waals surface area (Å²) in [5.74, 6) is -0.770. The second-order valence-corrected chi connectivity index (χ2v) is 8.18. The average Bonchev–Trinajstić information content (AvgIpc) is 2.71. The number of benzene rings is 3. The summed E-state index contributed by atoms with van der Waals surface area (Å²) in [6.45, 7) is 1.99. The Bertz CT molecular complexity index is 1080. The lowest BCUT2D eigenvalue weighted by Gasteiger charge is -2.24. The van der Waals surface area contributed by atoms with Crippen molar-refractivity contribution in [1.29, 1.82) is 0 Å². The molecular formula is C22H21FN2O3S. The molecule has 0 unspecified atom stereocenters. The molecule has 0 heterocycles. The molecule has 0 aromatic heterocycles. The predicted molar refractivity (Wildman–Crippen MR) is 112 cm³/mol. The number of anilines is 2. The van der Waals surface area contributed by atoms with Crippen molar-refractivity contribution in [3.8, 4) is 0 Å². The third kappa shape index (κ3) is 4.81. The SMILES string of the molecule is CCN(c1ccccc1)S(=O)(=O)c1ccccc1NC(=O)Cc1ccc(F)cc1. The second kappa shape index (κ2) is 8.87. The molecule has 0 spiro atoms. The number of para-hydroxylation sites is 2. The van der Waals surface area contributed by atoms with Crippen molar-refractivity contribution in [2.45, 2.75) is 18.2 Å². The van der Waals surface area contributed by atoms with E-state index in [0.29, 0.717) is 11.3 Å². The molecule has 7 heteroatoms. The van der Waals surface area contributed by atoms with Gasteiger partial charge >= 0.3 is 0 Å². The van der Waals surface area contributed by atoms with Gasteiger partial charge in [-0.3, -0.25) is 9.10 Å². The summed E-state index contributed by atoms with van der Waals surface area (Å²) in [4.78, 5) is 12.5. The molecule has 0 saturated carbocycles. The number of halogens is 1. The quantitative estimate of drug-likeness (QED) is 0.632. The van der Waals surface area contributed by atoms with Crippen molar-refractivity contribution in [3.63, 3.8) is 0 Å². The first kappa shape index (κ1) is 20.5. The first-order chi connectivity index (χ1) is 13.9. The van der Waals surface area contributed by atoms with Crippen LogP contribution >= 0.6 is 0 Å². The lowest BCUT2D eigenvalue weighted by Crippen LogP contribution is -2.31. The number of hydrogen-bond acceptors (Lipinski definition) is 3. The number of sulfonamides is 1. The van der Waals surface area contributed by atoms with Crippen LogP contribution in [0.15, 0.2) is 83.8 Å². The number of nitrogens with zero attached hydrogens (tertiary/aromatic N) is 1. The van der Waals surface area contributed by atoms with E-state index in [1.165, 1.54) is 34.6 Å². The maximum atomic E-state index is 13.3. The molecule has 0 aliphatic rings. The molecule has 150 valence electrons. The molecular weight excluding hydrogens is 391 g/mol. The van der Waals surface area contributed by atoms with Crippen LogP contribution in [-0.2, 0) is 21.2 Å². The van der Waals surface area contributed by atoms with Crippen LogP contribution in [0.1, 0.15) is 12.5 Å². The van der Waals surface area contributed by atoms with Crippen molar-refractivity contribution >= 4 is 27.3 Å². The van der Waals surface area contributed by atoms with Crippen molar-refractivity contribution in [1.82, 2.24) is 0 Å². The zero-order chi connectivity index (χ0) is 20.9. The summed E-state index contributed by atoms with van der Waals surface area (Å²) < 4.78 is 40.9. The van der Waals surface area contributed by atoms with Crippen molar-refractivity contribution in [2.24, 2.45) is 0 Å². The van der Waals surface area contributed by atoms with Crippen LogP contribution in [-0.4, -0.2) is 20.9 Å². The van der Waals surface area contributed by atoms with Gasteiger partial charge in [0.1, 0.15) is 10.7 Å². The Morgan fingerprint density at radius 2 is 1.55 bits per heavy atom. The Morgan fingerprint density at radius 1 is 0.931 bits per heavy atom. The van der Waals surface area contributed by atoms with Gasteiger partial charge in [-0.05, 0) is 48.9 Å². The minimum atomic E-state index is -3.89. The van der Waals surface area contributed by atoms with Gasteiger partial charge in [0.2, 0.25) is 5.91 Å². The molecule has 0 radical (unpaired) electrons. The van der Waals surface area contributed by atoms with Gasteiger partial charge < -0.3 is 5.32 Å². The maximum absolute atomic E-state index is 13.3. The summed E-state index contributed by atoms with van der Waals surface area (Å²) in [5, 5.41) is 2.67. The van der Waals surface area contributed by atoms with Crippen LogP contribution in [0.25, 0.3) is 0 Å². The van der Waals surface area contributed by atoms with E-state index >= 15 is 0 Å². The fourth-order valence-electron chi connectivity index (χ4n) is 2.98. The lowest BCUT2D eigenvalue weighted by atomic mass is 10.1. The van der Waals surface area contributed by atoms with Gasteiger partial charge in [0, 0.05) is 6.54 Å². The van der Waals surface area contributed by atoms with E-state index in [1.54, 1.807) is 49.4 Å². The fourth-order valence-corrected chi connectivity index (χ4v) is 4.61. The maximum Gasteiger partial charge on any atom is 0.266 e. The number of nitrogens with one attached hydrogen (secondary N) is 1. The number of rotatable bonds is 7. The Labute approximate surface area is 169 Å². The average molecular weight is 412 g/mol. The fraction of sp³-hybridized carbons (Fsp3) is 0.136. The lowest BCUT2D eigenvalue weighted by molar-refractivity contribution is -0.115. The Hall–Kier alpha value is -3.19. The van der Waals surface area contributed by atoms with Gasteiger partial charge in [0.25, 0.3) is 10.0 Å². The molecule has 0 saturated heterocycles. The zero-order valence-corrected chi connectivity index (χ0v) is 16.7. The normalized spacial score (nSPS) is 11.1. The van der Waals surface area contributed by atoms with Crippen LogP contribution in [0.2, 0.25) is 0 Å². The van der Waals surface area contributed by atoms with E-state index in [-0.39, 0.29) is 35.3 Å².